The molecule has 1 aromatic carbocycles. The van der Waals surface area contributed by atoms with Gasteiger partial charge >= 0.3 is 12.0 Å². The molecule has 1 fully saturated rings. The van der Waals surface area contributed by atoms with E-state index in [0.717, 1.165) is 17.0 Å². The Morgan fingerprint density at radius 3 is 2.65 bits per heavy atom. The maximum Gasteiger partial charge on any atom is 0.390 e. The Kier molecular flexibility index (Phi) is 6.91. The summed E-state index contributed by atoms with van der Waals surface area (Å²) in [6.45, 7) is 3.48. The maximum atomic E-state index is 12.9. The molecule has 0 aromatic heterocycles. The Balaban J connectivity index is 1.78. The summed E-state index contributed by atoms with van der Waals surface area (Å²) in [7, 11) is 6.96. The molecule has 10 nitrogen and oxygen atoms in total. The SMILES string of the molecule is Cc1ccccc1OCC(O)C[N+]1=C(NCCN(C)C)N=C2C1C(=O)N(C)C(=O)N2C. The van der Waals surface area contributed by atoms with Crippen LogP contribution in [0.2, 0.25) is 0 Å². The molecule has 2 aliphatic rings. The molecule has 31 heavy (non-hydrogen) atoms. The number of guanidine groups is 1. The van der Waals surface area contributed by atoms with Crippen molar-refractivity contribution in [1.82, 2.24) is 20.0 Å². The Labute approximate surface area is 182 Å². The van der Waals surface area contributed by atoms with Gasteiger partial charge in [-0.25, -0.2) is 9.37 Å². The highest BCUT2D eigenvalue weighted by Crippen LogP contribution is 2.19. The molecule has 2 atom stereocenters. The Bertz CT molecular complexity index is 913. The van der Waals surface area contributed by atoms with E-state index in [-0.39, 0.29) is 19.1 Å². The summed E-state index contributed by atoms with van der Waals surface area (Å²) in [6, 6.07) is 6.37. The van der Waals surface area contributed by atoms with Crippen molar-refractivity contribution in [2.75, 3.05) is 54.4 Å². The Morgan fingerprint density at radius 1 is 1.26 bits per heavy atom. The third kappa shape index (κ3) is 4.86. The molecule has 2 aliphatic heterocycles. The van der Waals surface area contributed by atoms with Gasteiger partial charge in [0.2, 0.25) is 11.9 Å². The summed E-state index contributed by atoms with van der Waals surface area (Å²) in [5, 5.41) is 13.9. The molecule has 0 radical (unpaired) electrons. The number of aliphatic hydroxyl groups is 1. The van der Waals surface area contributed by atoms with Crippen LogP contribution in [0.5, 0.6) is 5.75 Å². The third-order valence-corrected chi connectivity index (χ3v) is 5.31. The number of benzene rings is 1. The molecule has 3 amide bonds. The number of likely N-dealkylation sites (N-methyl/N-ethyl adjacent to an activating group) is 3. The van der Waals surface area contributed by atoms with Gasteiger partial charge in [0.05, 0.1) is 13.1 Å². The second-order valence-electron chi connectivity index (χ2n) is 8.05. The summed E-state index contributed by atoms with van der Waals surface area (Å²) >= 11 is 0. The minimum Gasteiger partial charge on any atom is -0.490 e. The van der Waals surface area contributed by atoms with Crippen molar-refractivity contribution in [3.05, 3.63) is 29.8 Å². The number of ether oxygens (including phenoxy) is 1. The number of amidine groups is 1. The highest BCUT2D eigenvalue weighted by Gasteiger charge is 2.51. The summed E-state index contributed by atoms with van der Waals surface area (Å²) in [4.78, 5) is 34.2. The van der Waals surface area contributed by atoms with E-state index in [1.165, 1.54) is 11.9 Å². The van der Waals surface area contributed by atoms with Gasteiger partial charge in [-0.15, -0.1) is 0 Å². The molecule has 3 rings (SSSR count). The van der Waals surface area contributed by atoms with E-state index in [9.17, 15) is 14.7 Å². The largest absolute Gasteiger partial charge is 0.490 e. The number of amides is 3. The quantitative estimate of drug-likeness (QED) is 0.542. The molecule has 2 heterocycles. The van der Waals surface area contributed by atoms with E-state index in [4.69, 9.17) is 4.74 Å². The fourth-order valence-corrected chi connectivity index (χ4v) is 3.51. The number of imide groups is 1. The van der Waals surface area contributed by atoms with Crippen LogP contribution in [0, 0.1) is 6.92 Å². The van der Waals surface area contributed by atoms with E-state index < -0.39 is 18.2 Å². The van der Waals surface area contributed by atoms with Crippen LogP contribution in [-0.4, -0.2) is 115 Å². The zero-order chi connectivity index (χ0) is 22.7. The van der Waals surface area contributed by atoms with Crippen molar-refractivity contribution < 1.29 is 24.0 Å². The number of β-amino-alcohol motifs (C(OH)–C–C–N with tert-alkyl or cyclic N) is 1. The van der Waals surface area contributed by atoms with Gasteiger partial charge < -0.3 is 14.7 Å². The molecular weight excluding hydrogens is 400 g/mol. The molecule has 0 bridgehead atoms. The predicted molar refractivity (Wildman–Crippen MR) is 117 cm³/mol. The topological polar surface area (TPSA) is 101 Å². The first-order valence-electron chi connectivity index (χ1n) is 10.2. The van der Waals surface area contributed by atoms with Crippen molar-refractivity contribution in [2.24, 2.45) is 4.99 Å². The van der Waals surface area contributed by atoms with Crippen LogP contribution < -0.4 is 10.1 Å². The molecule has 2 unspecified atom stereocenters. The van der Waals surface area contributed by atoms with Gasteiger partial charge in [0.25, 0.3) is 5.91 Å². The van der Waals surface area contributed by atoms with Gasteiger partial charge in [-0.2, -0.15) is 0 Å². The van der Waals surface area contributed by atoms with Gasteiger partial charge in [0.15, 0.2) is 0 Å². The van der Waals surface area contributed by atoms with E-state index in [0.29, 0.717) is 24.1 Å². The molecule has 2 N–H and O–H groups in total. The number of aryl methyl sites for hydroxylation is 1. The zero-order valence-electron chi connectivity index (χ0n) is 18.7. The first-order valence-corrected chi connectivity index (χ1v) is 10.2. The van der Waals surface area contributed by atoms with Crippen LogP contribution >= 0.6 is 0 Å². The summed E-state index contributed by atoms with van der Waals surface area (Å²) in [6.07, 6.45) is -0.874. The second-order valence-corrected chi connectivity index (χ2v) is 8.05. The van der Waals surface area contributed by atoms with Gasteiger partial charge in [0, 0.05) is 20.6 Å². The highest BCUT2D eigenvalue weighted by atomic mass is 16.5. The first-order chi connectivity index (χ1) is 14.7. The molecule has 168 valence electrons. The number of para-hydroxylation sites is 1. The number of nitrogens with one attached hydrogen (secondary N) is 1. The molecule has 0 saturated carbocycles. The van der Waals surface area contributed by atoms with Crippen molar-refractivity contribution in [1.29, 1.82) is 0 Å². The Morgan fingerprint density at radius 2 is 1.97 bits per heavy atom. The van der Waals surface area contributed by atoms with Gasteiger partial charge in [-0.1, -0.05) is 23.2 Å². The van der Waals surface area contributed by atoms with E-state index in [1.54, 1.807) is 11.6 Å². The number of fused-ring (bicyclic) bond motifs is 1. The van der Waals surface area contributed by atoms with E-state index >= 15 is 0 Å². The molecular formula is C21H31N6O4+. The van der Waals surface area contributed by atoms with Gasteiger partial charge in [-0.05, 0) is 32.6 Å². The predicted octanol–water partition coefficient (Wildman–Crippen LogP) is -0.441. The minimum absolute atomic E-state index is 0.0627. The number of nitrogens with zero attached hydrogens (tertiary/aromatic N) is 5. The fraction of sp³-hybridized carbons (Fsp3) is 0.524. The Hall–Kier alpha value is -2.98. The molecule has 1 aromatic rings. The number of hydrogen-bond acceptors (Lipinski definition) is 7. The van der Waals surface area contributed by atoms with Crippen molar-refractivity contribution in [3.8, 4) is 5.75 Å². The molecule has 0 spiro atoms. The van der Waals surface area contributed by atoms with Gasteiger partial charge in [-0.3, -0.25) is 19.9 Å². The molecule has 10 heteroatoms. The lowest BCUT2D eigenvalue weighted by Gasteiger charge is -2.32. The van der Waals surface area contributed by atoms with Crippen molar-refractivity contribution in [3.63, 3.8) is 0 Å². The van der Waals surface area contributed by atoms with E-state index in [2.05, 4.69) is 10.3 Å². The lowest BCUT2D eigenvalue weighted by atomic mass is 10.1. The number of urea groups is 1. The lowest BCUT2D eigenvalue weighted by molar-refractivity contribution is -0.545. The van der Waals surface area contributed by atoms with E-state index in [1.807, 2.05) is 50.2 Å². The third-order valence-electron chi connectivity index (χ3n) is 5.31. The minimum atomic E-state index is -0.874. The fourth-order valence-electron chi connectivity index (χ4n) is 3.51. The monoisotopic (exact) mass is 431 g/mol. The smallest absolute Gasteiger partial charge is 0.390 e. The van der Waals surface area contributed by atoms with Crippen LogP contribution in [0.15, 0.2) is 29.3 Å². The average Bonchev–Trinajstić information content (AvgIpc) is 3.08. The number of carbonyl (C=O) groups is 2. The maximum absolute atomic E-state index is 12.9. The standard InChI is InChI=1S/C21H30N6O4/c1-14-8-6-7-9-16(14)31-13-15(28)12-27-17-18(23-20(27)22-10-11-24(2)3)25(4)21(30)26(5)19(17)29/h6-9,15,17,28H,10-13H2,1-5H3/p+1. The van der Waals surface area contributed by atoms with Crippen LogP contribution in [0.3, 0.4) is 0 Å². The zero-order valence-corrected chi connectivity index (χ0v) is 18.7. The van der Waals surface area contributed by atoms with Crippen molar-refractivity contribution in [2.45, 2.75) is 19.1 Å². The average molecular weight is 432 g/mol. The van der Waals surface area contributed by atoms with Crippen molar-refractivity contribution >= 4 is 23.7 Å². The molecule has 1 saturated heterocycles. The van der Waals surface area contributed by atoms with Gasteiger partial charge in [0.1, 0.15) is 18.5 Å². The highest BCUT2D eigenvalue weighted by molar-refractivity contribution is 6.22. The first kappa shape index (κ1) is 22.7. The van der Waals surface area contributed by atoms with Crippen LogP contribution in [-0.2, 0) is 4.79 Å². The summed E-state index contributed by atoms with van der Waals surface area (Å²) in [5.41, 5.74) is 0.975. The summed E-state index contributed by atoms with van der Waals surface area (Å²) in [5.74, 6) is 1.14. The number of aliphatic imine (C=N–C) groups is 1. The van der Waals surface area contributed by atoms with Crippen LogP contribution in [0.1, 0.15) is 5.56 Å². The molecule has 0 aliphatic carbocycles. The summed E-state index contributed by atoms with van der Waals surface area (Å²) < 4.78 is 7.48. The lowest BCUT2D eigenvalue weighted by Crippen LogP contribution is -2.62. The number of aliphatic hydroxyl groups excluding tert-OH is 1. The number of carbonyl (C=O) groups excluding carboxylic acids is 2. The number of rotatable bonds is 8. The normalized spacial score (nSPS) is 19.7. The second kappa shape index (κ2) is 9.44. The number of hydrogen-bond donors (Lipinski definition) is 2. The van der Waals surface area contributed by atoms with Crippen LogP contribution in [0.25, 0.3) is 0 Å². The van der Waals surface area contributed by atoms with Crippen LogP contribution in [0.4, 0.5) is 4.79 Å².